The molecule has 2 unspecified atom stereocenters. The molecule has 2 aliphatic rings. The normalized spacial score (nSPS) is 26.0. The maximum absolute atomic E-state index is 12.2. The molecule has 2 saturated heterocycles. The van der Waals surface area contributed by atoms with E-state index in [2.05, 4.69) is 16.0 Å². The Labute approximate surface area is 153 Å². The summed E-state index contributed by atoms with van der Waals surface area (Å²) in [6, 6.07) is -1.01. The van der Waals surface area contributed by atoms with Gasteiger partial charge in [0.15, 0.2) is 9.84 Å². The van der Waals surface area contributed by atoms with Gasteiger partial charge in [-0.05, 0) is 25.7 Å². The van der Waals surface area contributed by atoms with Crippen molar-refractivity contribution in [3.05, 3.63) is 0 Å². The number of hydrogen-bond acceptors (Lipinski definition) is 5. The van der Waals surface area contributed by atoms with Crippen LogP contribution in [0.1, 0.15) is 51.4 Å². The number of primary amides is 1. The van der Waals surface area contributed by atoms with Crippen LogP contribution in [0.4, 0.5) is 4.79 Å². The van der Waals surface area contributed by atoms with Gasteiger partial charge in [-0.25, -0.2) is 13.2 Å². The Hall–Kier alpha value is -1.84. The molecule has 3 atom stereocenters. The summed E-state index contributed by atoms with van der Waals surface area (Å²) in [5.41, 5.74) is 5.05. The predicted octanol–water partition coefficient (Wildman–Crippen LogP) is -0.444. The molecule has 2 aliphatic heterocycles. The van der Waals surface area contributed by atoms with E-state index in [0.29, 0.717) is 38.6 Å². The van der Waals surface area contributed by atoms with Gasteiger partial charge in [0.25, 0.3) is 0 Å². The highest BCUT2D eigenvalue weighted by Gasteiger charge is 2.51. The van der Waals surface area contributed by atoms with Crippen molar-refractivity contribution in [2.75, 3.05) is 12.3 Å². The van der Waals surface area contributed by atoms with Gasteiger partial charge in [0, 0.05) is 19.4 Å². The summed E-state index contributed by atoms with van der Waals surface area (Å²) in [6.45, 7) is 0.566. The Balaban J connectivity index is 1.57. The molecule has 2 rings (SSSR count). The second-order valence-corrected chi connectivity index (χ2v) is 9.26. The number of unbranched alkanes of at least 4 members (excludes halogenated alkanes) is 3. The van der Waals surface area contributed by atoms with E-state index in [0.717, 1.165) is 19.3 Å². The van der Waals surface area contributed by atoms with E-state index in [1.54, 1.807) is 0 Å². The summed E-state index contributed by atoms with van der Waals surface area (Å²) in [6.07, 6.45) is 4.77. The first kappa shape index (κ1) is 20.5. The molecule has 2 heterocycles. The van der Waals surface area contributed by atoms with Crippen LogP contribution in [-0.2, 0) is 19.4 Å². The van der Waals surface area contributed by atoms with Crippen molar-refractivity contribution in [2.24, 2.45) is 5.73 Å². The molecule has 5 N–H and O–H groups in total. The third kappa shape index (κ3) is 5.86. The van der Waals surface area contributed by atoms with E-state index < -0.39 is 15.1 Å². The zero-order chi connectivity index (χ0) is 19.2. The SMILES string of the molecule is NC(=O)CCCCCNC(=O)CCCC[C@H]1C2NC(=O)NC2CS1(=O)=O. The highest BCUT2D eigenvalue weighted by molar-refractivity contribution is 7.92. The molecular formula is C16H28N4O5S. The lowest BCUT2D eigenvalue weighted by atomic mass is 10.0. The minimum Gasteiger partial charge on any atom is -0.370 e. The molecule has 0 saturated carbocycles. The van der Waals surface area contributed by atoms with Crippen molar-refractivity contribution >= 4 is 27.7 Å². The van der Waals surface area contributed by atoms with Gasteiger partial charge in [0.05, 0.1) is 23.1 Å². The van der Waals surface area contributed by atoms with Crippen LogP contribution in [0.3, 0.4) is 0 Å². The van der Waals surface area contributed by atoms with Gasteiger partial charge >= 0.3 is 6.03 Å². The Kier molecular flexibility index (Phi) is 7.24. The van der Waals surface area contributed by atoms with Crippen molar-refractivity contribution in [3.63, 3.8) is 0 Å². The molecule has 10 heteroatoms. The molecule has 0 aromatic carbocycles. The van der Waals surface area contributed by atoms with E-state index in [4.69, 9.17) is 5.73 Å². The van der Waals surface area contributed by atoms with Crippen LogP contribution in [0.25, 0.3) is 0 Å². The van der Waals surface area contributed by atoms with Crippen LogP contribution >= 0.6 is 0 Å². The Morgan fingerprint density at radius 1 is 1.08 bits per heavy atom. The number of amides is 4. The van der Waals surface area contributed by atoms with E-state index in [-0.39, 0.29) is 35.7 Å². The zero-order valence-electron chi connectivity index (χ0n) is 14.8. The van der Waals surface area contributed by atoms with Crippen molar-refractivity contribution in [3.8, 4) is 0 Å². The minimum absolute atomic E-state index is 0.0166. The molecule has 148 valence electrons. The molecule has 0 aromatic rings. The van der Waals surface area contributed by atoms with Crippen molar-refractivity contribution in [1.29, 1.82) is 0 Å². The van der Waals surface area contributed by atoms with E-state index in [9.17, 15) is 22.8 Å². The van der Waals surface area contributed by atoms with Crippen molar-refractivity contribution < 1.29 is 22.8 Å². The van der Waals surface area contributed by atoms with Crippen LogP contribution in [0.15, 0.2) is 0 Å². The predicted molar refractivity (Wildman–Crippen MR) is 96.0 cm³/mol. The Morgan fingerprint density at radius 2 is 1.81 bits per heavy atom. The fraction of sp³-hybridized carbons (Fsp3) is 0.812. The molecule has 4 amide bonds. The average Bonchev–Trinajstić information content (AvgIpc) is 2.99. The molecule has 9 nitrogen and oxygen atoms in total. The monoisotopic (exact) mass is 388 g/mol. The van der Waals surface area contributed by atoms with Gasteiger partial charge in [-0.15, -0.1) is 0 Å². The van der Waals surface area contributed by atoms with Gasteiger partial charge in [-0.1, -0.05) is 12.8 Å². The highest BCUT2D eigenvalue weighted by atomic mass is 32.2. The summed E-state index contributed by atoms with van der Waals surface area (Å²) >= 11 is 0. The van der Waals surface area contributed by atoms with Gasteiger partial charge < -0.3 is 21.7 Å². The van der Waals surface area contributed by atoms with Crippen LogP contribution in [0.2, 0.25) is 0 Å². The number of urea groups is 1. The lowest BCUT2D eigenvalue weighted by Gasteiger charge is -2.16. The Bertz CT molecular complexity index is 637. The fourth-order valence-corrected chi connectivity index (χ4v) is 5.82. The standard InChI is InChI=1S/C16H28N4O5S/c17-13(21)7-2-1-5-9-18-14(22)8-4-3-6-12-15-11(10-26(12,24)25)19-16(23)20-15/h11-12,15H,1-10H2,(H2,17,21)(H,18,22)(H2,19,20,23)/t11?,12-,15?/m0/s1. The van der Waals surface area contributed by atoms with E-state index in [1.165, 1.54) is 0 Å². The molecule has 0 aliphatic carbocycles. The molecule has 0 spiro atoms. The fourth-order valence-electron chi connectivity index (χ4n) is 3.55. The van der Waals surface area contributed by atoms with Crippen LogP contribution in [0.5, 0.6) is 0 Å². The van der Waals surface area contributed by atoms with Gasteiger partial charge in [0.1, 0.15) is 0 Å². The first-order valence-corrected chi connectivity index (χ1v) is 10.8. The summed E-state index contributed by atoms with van der Waals surface area (Å²) in [7, 11) is -3.21. The molecule has 0 aromatic heterocycles. The summed E-state index contributed by atoms with van der Waals surface area (Å²) in [5.74, 6) is -0.377. The zero-order valence-corrected chi connectivity index (χ0v) is 15.6. The largest absolute Gasteiger partial charge is 0.370 e. The number of rotatable bonds is 11. The molecule has 26 heavy (non-hydrogen) atoms. The van der Waals surface area contributed by atoms with Gasteiger partial charge in [-0.3, -0.25) is 9.59 Å². The topological polar surface area (TPSA) is 147 Å². The average molecular weight is 388 g/mol. The Morgan fingerprint density at radius 3 is 2.54 bits per heavy atom. The van der Waals surface area contributed by atoms with Gasteiger partial charge in [-0.2, -0.15) is 0 Å². The van der Waals surface area contributed by atoms with Crippen molar-refractivity contribution in [1.82, 2.24) is 16.0 Å². The lowest BCUT2D eigenvalue weighted by molar-refractivity contribution is -0.121. The number of carbonyl (C=O) groups is 3. The highest BCUT2D eigenvalue weighted by Crippen LogP contribution is 2.28. The quantitative estimate of drug-likeness (QED) is 0.280. The number of hydrogen-bond donors (Lipinski definition) is 4. The molecule has 0 bridgehead atoms. The summed E-state index contributed by atoms with van der Waals surface area (Å²) < 4.78 is 24.4. The second-order valence-electron chi connectivity index (χ2n) is 6.99. The van der Waals surface area contributed by atoms with Crippen molar-refractivity contribution in [2.45, 2.75) is 68.7 Å². The minimum atomic E-state index is -3.21. The second kappa shape index (κ2) is 9.20. The number of nitrogens with two attached hydrogens (primary N) is 1. The number of fused-ring (bicyclic) bond motifs is 1. The van der Waals surface area contributed by atoms with E-state index >= 15 is 0 Å². The van der Waals surface area contributed by atoms with Crippen LogP contribution in [-0.4, -0.2) is 55.9 Å². The first-order chi connectivity index (χ1) is 12.3. The van der Waals surface area contributed by atoms with Crippen LogP contribution in [0, 0.1) is 0 Å². The number of nitrogens with one attached hydrogen (secondary N) is 3. The molecular weight excluding hydrogens is 360 g/mol. The smallest absolute Gasteiger partial charge is 0.315 e. The maximum Gasteiger partial charge on any atom is 0.315 e. The lowest BCUT2D eigenvalue weighted by Crippen LogP contribution is -2.39. The third-order valence-electron chi connectivity index (χ3n) is 4.89. The van der Waals surface area contributed by atoms with Gasteiger partial charge in [0.2, 0.25) is 11.8 Å². The maximum atomic E-state index is 12.2. The summed E-state index contributed by atoms with van der Waals surface area (Å²) in [5, 5.41) is 7.57. The third-order valence-corrected chi connectivity index (χ3v) is 7.16. The van der Waals surface area contributed by atoms with Crippen LogP contribution < -0.4 is 21.7 Å². The molecule has 0 radical (unpaired) electrons. The number of sulfone groups is 1. The number of carbonyl (C=O) groups excluding carboxylic acids is 3. The molecule has 2 fully saturated rings. The van der Waals surface area contributed by atoms with E-state index in [1.807, 2.05) is 0 Å². The summed E-state index contributed by atoms with van der Waals surface area (Å²) in [4.78, 5) is 33.7. The first-order valence-electron chi connectivity index (χ1n) is 9.13.